The highest BCUT2D eigenvalue weighted by molar-refractivity contribution is 7.91. The van der Waals surface area contributed by atoms with E-state index in [0.29, 0.717) is 16.2 Å². The van der Waals surface area contributed by atoms with E-state index in [1.807, 2.05) is 7.05 Å². The maximum absolute atomic E-state index is 12.5. The van der Waals surface area contributed by atoms with Gasteiger partial charge in [0.25, 0.3) is 10.0 Å². The number of rotatable bonds is 7. The van der Waals surface area contributed by atoms with Crippen molar-refractivity contribution in [2.75, 3.05) is 20.6 Å². The lowest BCUT2D eigenvalue weighted by molar-refractivity contribution is -0.132. The first-order chi connectivity index (χ1) is 10.8. The Morgan fingerprint density at radius 1 is 1.26 bits per heavy atom. The number of likely N-dealkylation sites (N-methyl/N-ethyl adjacent to an activating group) is 2. The second-order valence-electron chi connectivity index (χ2n) is 6.49. The van der Waals surface area contributed by atoms with E-state index in [0.717, 1.165) is 15.6 Å². The molecule has 0 unspecified atom stereocenters. The Labute approximate surface area is 146 Å². The molecule has 2 aliphatic rings. The highest BCUT2D eigenvalue weighted by Gasteiger charge is 2.45. The Hall–Kier alpha value is -0.630. The molecule has 0 saturated heterocycles. The molecule has 0 radical (unpaired) electrons. The average molecular weight is 377 g/mol. The topological polar surface area (TPSA) is 57.7 Å². The van der Waals surface area contributed by atoms with Crippen LogP contribution in [0.2, 0.25) is 4.34 Å². The van der Waals surface area contributed by atoms with Crippen molar-refractivity contribution >= 4 is 38.9 Å². The third kappa shape index (κ3) is 3.73. The quantitative estimate of drug-likeness (QED) is 0.735. The van der Waals surface area contributed by atoms with Gasteiger partial charge < -0.3 is 4.90 Å². The highest BCUT2D eigenvalue weighted by atomic mass is 35.5. The molecule has 0 aliphatic heterocycles. The van der Waals surface area contributed by atoms with Gasteiger partial charge in [0.1, 0.15) is 4.21 Å². The molecule has 2 saturated carbocycles. The fourth-order valence-electron chi connectivity index (χ4n) is 3.04. The number of nitrogens with zero attached hydrogens (tertiary/aromatic N) is 2. The summed E-state index contributed by atoms with van der Waals surface area (Å²) in [7, 11) is -0.408. The van der Waals surface area contributed by atoms with Crippen LogP contribution in [0.5, 0.6) is 0 Å². The van der Waals surface area contributed by atoms with Gasteiger partial charge in [0.05, 0.1) is 10.9 Å². The molecule has 1 aromatic rings. The third-order valence-electron chi connectivity index (χ3n) is 4.62. The predicted molar refractivity (Wildman–Crippen MR) is 91.2 cm³/mol. The van der Waals surface area contributed by atoms with Crippen LogP contribution in [0.25, 0.3) is 0 Å². The first-order valence-electron chi connectivity index (χ1n) is 7.78. The van der Waals surface area contributed by atoms with E-state index in [4.69, 9.17) is 11.6 Å². The van der Waals surface area contributed by atoms with Crippen molar-refractivity contribution in [2.45, 2.75) is 35.9 Å². The molecular weight excluding hydrogens is 356 g/mol. The normalized spacial score (nSPS) is 18.7. The van der Waals surface area contributed by atoms with Crippen molar-refractivity contribution in [3.8, 4) is 0 Å². The molecule has 1 heterocycles. The van der Waals surface area contributed by atoms with E-state index in [9.17, 15) is 13.2 Å². The van der Waals surface area contributed by atoms with Gasteiger partial charge >= 0.3 is 0 Å². The van der Waals surface area contributed by atoms with Crippen LogP contribution in [-0.2, 0) is 14.8 Å². The lowest BCUT2D eigenvalue weighted by Gasteiger charge is -2.30. The number of amides is 1. The third-order valence-corrected chi connectivity index (χ3v) is 8.12. The summed E-state index contributed by atoms with van der Waals surface area (Å²) in [6.07, 6.45) is 4.72. The molecule has 2 fully saturated rings. The average Bonchev–Trinajstić information content (AvgIpc) is 3.41. The zero-order valence-corrected chi connectivity index (χ0v) is 15.6. The van der Waals surface area contributed by atoms with E-state index < -0.39 is 10.0 Å². The summed E-state index contributed by atoms with van der Waals surface area (Å²) in [5.74, 6) is 1.08. The zero-order valence-electron chi connectivity index (χ0n) is 13.2. The molecule has 5 nitrogen and oxygen atoms in total. The summed E-state index contributed by atoms with van der Waals surface area (Å²) in [5, 5.41) is 0. The maximum atomic E-state index is 12.5. The van der Waals surface area contributed by atoms with Gasteiger partial charge in [-0.1, -0.05) is 11.6 Å². The van der Waals surface area contributed by atoms with Gasteiger partial charge in [-0.25, -0.2) is 8.42 Å². The molecule has 0 aromatic carbocycles. The van der Waals surface area contributed by atoms with Gasteiger partial charge in [0.15, 0.2) is 0 Å². The van der Waals surface area contributed by atoms with E-state index in [2.05, 4.69) is 0 Å². The van der Waals surface area contributed by atoms with E-state index in [1.165, 1.54) is 38.8 Å². The van der Waals surface area contributed by atoms with Gasteiger partial charge in [-0.05, 0) is 49.7 Å². The molecule has 0 N–H and O–H groups in total. The van der Waals surface area contributed by atoms with Gasteiger partial charge in [-0.3, -0.25) is 4.79 Å². The van der Waals surface area contributed by atoms with Crippen LogP contribution in [0.3, 0.4) is 0 Å². The summed E-state index contributed by atoms with van der Waals surface area (Å²) in [5.41, 5.74) is 0. The SMILES string of the molecule is CN(C(=O)CN(C)S(=O)(=O)c1ccc(Cl)s1)C(C1CC1)C1CC1. The van der Waals surface area contributed by atoms with Crippen LogP contribution < -0.4 is 0 Å². The number of thiophene rings is 1. The van der Waals surface area contributed by atoms with E-state index in [1.54, 1.807) is 11.0 Å². The lowest BCUT2D eigenvalue weighted by Crippen LogP contribution is -2.45. The van der Waals surface area contributed by atoms with Crippen molar-refractivity contribution in [3.05, 3.63) is 16.5 Å². The highest BCUT2D eigenvalue weighted by Crippen LogP contribution is 2.46. The number of halogens is 1. The minimum Gasteiger partial charge on any atom is -0.341 e. The monoisotopic (exact) mass is 376 g/mol. The molecule has 0 bridgehead atoms. The van der Waals surface area contributed by atoms with Crippen molar-refractivity contribution in [3.63, 3.8) is 0 Å². The molecule has 1 amide bonds. The number of carbonyl (C=O) groups excluding carboxylic acids is 1. The molecule has 0 atom stereocenters. The molecule has 8 heteroatoms. The van der Waals surface area contributed by atoms with E-state index >= 15 is 0 Å². The Morgan fingerprint density at radius 2 is 1.83 bits per heavy atom. The zero-order chi connectivity index (χ0) is 16.8. The van der Waals surface area contributed by atoms with Crippen molar-refractivity contribution < 1.29 is 13.2 Å². The first-order valence-corrected chi connectivity index (χ1v) is 10.4. The van der Waals surface area contributed by atoms with Gasteiger partial charge in [0, 0.05) is 20.1 Å². The first kappa shape index (κ1) is 17.2. The minimum atomic E-state index is -3.66. The van der Waals surface area contributed by atoms with Crippen LogP contribution in [-0.4, -0.2) is 50.2 Å². The molecule has 1 aromatic heterocycles. The Kier molecular flexibility index (Phi) is 4.75. The summed E-state index contributed by atoms with van der Waals surface area (Å²) >= 11 is 6.82. The molecule has 0 spiro atoms. The van der Waals surface area contributed by atoms with Gasteiger partial charge in [-0.15, -0.1) is 11.3 Å². The second-order valence-corrected chi connectivity index (χ2v) is 10.5. The number of carbonyl (C=O) groups is 1. The molecule has 2 aliphatic carbocycles. The summed E-state index contributed by atoms with van der Waals surface area (Å²) < 4.78 is 26.6. The predicted octanol–water partition coefficient (Wildman–Crippen LogP) is 2.67. The molecule has 128 valence electrons. The Balaban J connectivity index is 1.66. The van der Waals surface area contributed by atoms with Crippen molar-refractivity contribution in [1.82, 2.24) is 9.21 Å². The summed E-state index contributed by atoms with van der Waals surface area (Å²) in [4.78, 5) is 14.3. The molecular formula is C15H21ClN2O3S2. The minimum absolute atomic E-state index is 0.135. The number of hydrogen-bond donors (Lipinski definition) is 0. The number of sulfonamides is 1. The summed E-state index contributed by atoms with van der Waals surface area (Å²) in [6.45, 7) is -0.135. The largest absolute Gasteiger partial charge is 0.341 e. The van der Waals surface area contributed by atoms with Gasteiger partial charge in [0.2, 0.25) is 5.91 Å². The Morgan fingerprint density at radius 3 is 2.26 bits per heavy atom. The maximum Gasteiger partial charge on any atom is 0.252 e. The lowest BCUT2D eigenvalue weighted by atomic mass is 10.1. The molecule has 23 heavy (non-hydrogen) atoms. The van der Waals surface area contributed by atoms with Crippen molar-refractivity contribution in [1.29, 1.82) is 0 Å². The van der Waals surface area contributed by atoms with Crippen LogP contribution in [0.15, 0.2) is 16.3 Å². The van der Waals surface area contributed by atoms with Crippen molar-refractivity contribution in [2.24, 2.45) is 11.8 Å². The fraction of sp³-hybridized carbons (Fsp3) is 0.667. The standard InChI is InChI=1S/C15H21ClN2O3S2/c1-17(23(20,21)14-8-7-12(16)22-14)9-13(19)18(2)15(10-3-4-10)11-5-6-11/h7-8,10-11,15H,3-6,9H2,1-2H3. The van der Waals surface area contributed by atoms with Crippen LogP contribution >= 0.6 is 22.9 Å². The van der Waals surface area contributed by atoms with Crippen LogP contribution in [0.4, 0.5) is 0 Å². The van der Waals surface area contributed by atoms with Crippen LogP contribution in [0.1, 0.15) is 25.7 Å². The number of hydrogen-bond acceptors (Lipinski definition) is 4. The fourth-order valence-corrected chi connectivity index (χ4v) is 5.85. The second kappa shape index (κ2) is 6.35. The Bertz CT molecular complexity index is 683. The molecule has 3 rings (SSSR count). The van der Waals surface area contributed by atoms with Gasteiger partial charge in [-0.2, -0.15) is 4.31 Å². The van der Waals surface area contributed by atoms with Crippen LogP contribution in [0, 0.1) is 11.8 Å². The smallest absolute Gasteiger partial charge is 0.252 e. The van der Waals surface area contributed by atoms with E-state index in [-0.39, 0.29) is 22.7 Å². The summed E-state index contributed by atoms with van der Waals surface area (Å²) in [6, 6.07) is 3.32.